The van der Waals surface area contributed by atoms with Gasteiger partial charge in [0.15, 0.2) is 0 Å². The molecule has 1 atom stereocenters. The number of ether oxygens (including phenoxy) is 1. The molecule has 2 aromatic rings. The van der Waals surface area contributed by atoms with Gasteiger partial charge in [-0.1, -0.05) is 12.1 Å². The number of nitrogens with zero attached hydrogens (tertiary/aromatic N) is 4. The van der Waals surface area contributed by atoms with Gasteiger partial charge in [-0.25, -0.2) is 4.68 Å². The van der Waals surface area contributed by atoms with Gasteiger partial charge in [-0.05, 0) is 45.1 Å². The van der Waals surface area contributed by atoms with Crippen LogP contribution in [0.3, 0.4) is 0 Å². The van der Waals surface area contributed by atoms with Crippen molar-refractivity contribution in [2.45, 2.75) is 25.3 Å². The molecule has 2 fully saturated rings. The van der Waals surface area contributed by atoms with Crippen molar-refractivity contribution in [2.24, 2.45) is 5.92 Å². The molecular formula is C21H27N5O3. The second kappa shape index (κ2) is 8.24. The lowest BCUT2D eigenvalue weighted by Crippen LogP contribution is -2.33. The Morgan fingerprint density at radius 3 is 2.72 bits per heavy atom. The summed E-state index contributed by atoms with van der Waals surface area (Å²) in [6, 6.07) is 9.48. The van der Waals surface area contributed by atoms with Gasteiger partial charge in [0.2, 0.25) is 11.8 Å². The lowest BCUT2D eigenvalue weighted by Gasteiger charge is -2.30. The van der Waals surface area contributed by atoms with Gasteiger partial charge < -0.3 is 19.9 Å². The van der Waals surface area contributed by atoms with Crippen LogP contribution in [0.5, 0.6) is 5.75 Å². The monoisotopic (exact) mass is 397 g/mol. The number of nitrogens with one attached hydrogen (secondary N) is 1. The molecule has 1 unspecified atom stereocenters. The van der Waals surface area contributed by atoms with Crippen LogP contribution in [0.2, 0.25) is 0 Å². The summed E-state index contributed by atoms with van der Waals surface area (Å²) in [5.74, 6) is 0.701. The van der Waals surface area contributed by atoms with Crippen molar-refractivity contribution >= 4 is 23.3 Å². The average molecular weight is 397 g/mol. The zero-order valence-electron chi connectivity index (χ0n) is 16.9. The molecule has 2 saturated heterocycles. The molecule has 2 aliphatic rings. The van der Waals surface area contributed by atoms with E-state index < -0.39 is 5.92 Å². The molecule has 154 valence electrons. The predicted molar refractivity (Wildman–Crippen MR) is 110 cm³/mol. The number of hydrogen-bond donors (Lipinski definition) is 1. The van der Waals surface area contributed by atoms with E-state index in [-0.39, 0.29) is 24.3 Å². The smallest absolute Gasteiger partial charge is 0.230 e. The van der Waals surface area contributed by atoms with Gasteiger partial charge in [-0.2, -0.15) is 5.10 Å². The highest BCUT2D eigenvalue weighted by molar-refractivity contribution is 6.04. The zero-order chi connectivity index (χ0) is 20.4. The molecule has 4 rings (SSSR count). The topological polar surface area (TPSA) is 79.7 Å². The summed E-state index contributed by atoms with van der Waals surface area (Å²) < 4.78 is 7.28. The van der Waals surface area contributed by atoms with E-state index in [0.717, 1.165) is 25.9 Å². The SMILES string of the molecule is COc1ccccc1N1CC(C(=O)Nc2ccnn2C2CCN(C)CC2)CC1=O. The zero-order valence-corrected chi connectivity index (χ0v) is 16.9. The van der Waals surface area contributed by atoms with Crippen LogP contribution in [-0.2, 0) is 9.59 Å². The minimum Gasteiger partial charge on any atom is -0.495 e. The number of methoxy groups -OCH3 is 1. The summed E-state index contributed by atoms with van der Waals surface area (Å²) in [6.45, 7) is 2.37. The molecule has 3 heterocycles. The first-order chi connectivity index (χ1) is 14.1. The fourth-order valence-electron chi connectivity index (χ4n) is 4.14. The van der Waals surface area contributed by atoms with Crippen molar-refractivity contribution in [2.75, 3.05) is 44.0 Å². The molecule has 0 saturated carbocycles. The normalized spacial score (nSPS) is 20.8. The number of hydrogen-bond acceptors (Lipinski definition) is 5. The molecular weight excluding hydrogens is 370 g/mol. The number of rotatable bonds is 5. The first-order valence-electron chi connectivity index (χ1n) is 10.0. The third kappa shape index (κ3) is 3.98. The number of piperidine rings is 1. The predicted octanol–water partition coefficient (Wildman–Crippen LogP) is 2.15. The van der Waals surface area contributed by atoms with Crippen molar-refractivity contribution in [3.63, 3.8) is 0 Å². The third-order valence-electron chi connectivity index (χ3n) is 5.83. The number of carbonyl (C=O) groups excluding carboxylic acids is 2. The van der Waals surface area contributed by atoms with Crippen molar-refractivity contribution in [1.29, 1.82) is 0 Å². The fourth-order valence-corrected chi connectivity index (χ4v) is 4.14. The van der Waals surface area contributed by atoms with E-state index in [1.807, 2.05) is 35.0 Å². The van der Waals surface area contributed by atoms with Crippen molar-refractivity contribution in [3.05, 3.63) is 36.5 Å². The van der Waals surface area contributed by atoms with Crippen LogP contribution in [0, 0.1) is 5.92 Å². The summed E-state index contributed by atoms with van der Waals surface area (Å²) in [4.78, 5) is 29.4. The molecule has 0 bridgehead atoms. The Labute approximate surface area is 170 Å². The lowest BCUT2D eigenvalue weighted by atomic mass is 10.1. The van der Waals surface area contributed by atoms with E-state index >= 15 is 0 Å². The Morgan fingerprint density at radius 2 is 1.97 bits per heavy atom. The first-order valence-corrected chi connectivity index (χ1v) is 10.0. The Hall–Kier alpha value is -2.87. The standard InChI is InChI=1S/C21H27N5O3/c1-24-11-8-16(9-12-24)26-19(7-10-22-26)23-21(28)15-13-20(27)25(14-15)17-5-3-4-6-18(17)29-2/h3-7,10,15-16H,8-9,11-14H2,1-2H3,(H,23,28). The summed E-state index contributed by atoms with van der Waals surface area (Å²) in [5, 5.41) is 7.43. The Balaban J connectivity index is 1.44. The van der Waals surface area contributed by atoms with Crippen LogP contribution in [0.15, 0.2) is 36.5 Å². The second-order valence-electron chi connectivity index (χ2n) is 7.76. The molecule has 8 heteroatoms. The highest BCUT2D eigenvalue weighted by Gasteiger charge is 2.36. The van der Waals surface area contributed by atoms with Crippen molar-refractivity contribution < 1.29 is 14.3 Å². The van der Waals surface area contributed by atoms with E-state index in [1.54, 1.807) is 18.2 Å². The van der Waals surface area contributed by atoms with Crippen molar-refractivity contribution in [3.8, 4) is 5.75 Å². The number of para-hydroxylation sites is 2. The van der Waals surface area contributed by atoms with Crippen LogP contribution < -0.4 is 15.0 Å². The third-order valence-corrected chi connectivity index (χ3v) is 5.83. The van der Waals surface area contributed by atoms with E-state index in [0.29, 0.717) is 23.8 Å². The van der Waals surface area contributed by atoms with Gasteiger partial charge in [0.1, 0.15) is 11.6 Å². The number of benzene rings is 1. The Bertz CT molecular complexity index is 888. The highest BCUT2D eigenvalue weighted by Crippen LogP contribution is 2.33. The maximum atomic E-state index is 12.9. The molecule has 2 amide bonds. The molecule has 0 spiro atoms. The van der Waals surface area contributed by atoms with Gasteiger partial charge in [0, 0.05) is 19.0 Å². The number of likely N-dealkylation sites (tertiary alicyclic amines) is 1. The van der Waals surface area contributed by atoms with Gasteiger partial charge >= 0.3 is 0 Å². The minimum atomic E-state index is -0.409. The van der Waals surface area contributed by atoms with E-state index in [9.17, 15) is 9.59 Å². The van der Waals surface area contributed by atoms with Gasteiger partial charge in [0.05, 0.1) is 31.0 Å². The molecule has 0 radical (unpaired) electrons. The van der Waals surface area contributed by atoms with E-state index in [2.05, 4.69) is 22.4 Å². The summed E-state index contributed by atoms with van der Waals surface area (Å²) >= 11 is 0. The minimum absolute atomic E-state index is 0.0709. The fraction of sp³-hybridized carbons (Fsp3) is 0.476. The van der Waals surface area contributed by atoms with Gasteiger partial charge in [-0.15, -0.1) is 0 Å². The van der Waals surface area contributed by atoms with Gasteiger partial charge in [0.25, 0.3) is 0 Å². The van der Waals surface area contributed by atoms with E-state index in [4.69, 9.17) is 4.74 Å². The van der Waals surface area contributed by atoms with Crippen molar-refractivity contribution in [1.82, 2.24) is 14.7 Å². The summed E-state index contributed by atoms with van der Waals surface area (Å²) in [5.41, 5.74) is 0.701. The quantitative estimate of drug-likeness (QED) is 0.836. The summed E-state index contributed by atoms with van der Waals surface area (Å²) in [7, 11) is 3.69. The Morgan fingerprint density at radius 1 is 1.21 bits per heavy atom. The maximum Gasteiger partial charge on any atom is 0.230 e. The lowest BCUT2D eigenvalue weighted by molar-refractivity contribution is -0.122. The van der Waals surface area contributed by atoms with Crippen LogP contribution in [0.4, 0.5) is 11.5 Å². The maximum absolute atomic E-state index is 12.9. The largest absolute Gasteiger partial charge is 0.495 e. The van der Waals surface area contributed by atoms with Crippen LogP contribution in [0.25, 0.3) is 0 Å². The first kappa shape index (κ1) is 19.4. The molecule has 8 nitrogen and oxygen atoms in total. The molecule has 29 heavy (non-hydrogen) atoms. The number of amides is 2. The Kier molecular flexibility index (Phi) is 5.53. The number of carbonyl (C=O) groups is 2. The van der Waals surface area contributed by atoms with Gasteiger partial charge in [-0.3, -0.25) is 9.59 Å². The number of anilines is 2. The molecule has 2 aliphatic heterocycles. The second-order valence-corrected chi connectivity index (χ2v) is 7.76. The van der Waals surface area contributed by atoms with Crippen LogP contribution in [0.1, 0.15) is 25.3 Å². The molecule has 1 N–H and O–H groups in total. The average Bonchev–Trinajstić information content (AvgIpc) is 3.35. The molecule has 1 aromatic heterocycles. The van der Waals surface area contributed by atoms with Crippen LogP contribution in [-0.4, -0.2) is 60.3 Å². The molecule has 0 aliphatic carbocycles. The summed E-state index contributed by atoms with van der Waals surface area (Å²) in [6.07, 6.45) is 3.91. The molecule has 1 aromatic carbocycles. The van der Waals surface area contributed by atoms with Crippen LogP contribution >= 0.6 is 0 Å². The van der Waals surface area contributed by atoms with E-state index in [1.165, 1.54) is 0 Å². The number of aromatic nitrogens is 2. The highest BCUT2D eigenvalue weighted by atomic mass is 16.5.